The van der Waals surface area contributed by atoms with E-state index in [0.717, 1.165) is 18.4 Å². The number of rotatable bonds is 2. The first-order valence-electron chi connectivity index (χ1n) is 4.99. The van der Waals surface area contributed by atoms with Crippen molar-refractivity contribution in [1.29, 1.82) is 5.41 Å². The minimum Gasteiger partial charge on any atom is -0.328 e. The number of hydrogen-bond donors (Lipinski definition) is 2. The lowest BCUT2D eigenvalue weighted by Crippen LogP contribution is -2.27. The highest BCUT2D eigenvalue weighted by Crippen LogP contribution is 2.35. The van der Waals surface area contributed by atoms with Crippen molar-refractivity contribution in [2.45, 2.75) is 31.7 Å². The summed E-state index contributed by atoms with van der Waals surface area (Å²) in [6, 6.07) is 0.421. The Hall–Kier alpha value is -0.890. The van der Waals surface area contributed by atoms with Gasteiger partial charge in [0.2, 0.25) is 0 Å². The molecule has 2 heteroatoms. The minimum absolute atomic E-state index is 0.421. The summed E-state index contributed by atoms with van der Waals surface area (Å²) in [6.45, 7) is 0. The maximum atomic E-state index is 7.19. The highest BCUT2D eigenvalue weighted by Gasteiger charge is 2.24. The zero-order valence-electron chi connectivity index (χ0n) is 7.79. The molecule has 0 saturated heterocycles. The molecule has 2 rings (SSSR count). The van der Waals surface area contributed by atoms with Crippen molar-refractivity contribution >= 4 is 6.21 Å². The topological polar surface area (TPSA) is 49.9 Å². The van der Waals surface area contributed by atoms with Crippen molar-refractivity contribution in [2.75, 3.05) is 0 Å². The molecule has 0 bridgehead atoms. The van der Waals surface area contributed by atoms with E-state index in [1.807, 2.05) is 6.08 Å². The largest absolute Gasteiger partial charge is 0.328 e. The maximum Gasteiger partial charge on any atom is 0.0253 e. The average molecular weight is 176 g/mol. The van der Waals surface area contributed by atoms with E-state index in [4.69, 9.17) is 11.1 Å². The van der Waals surface area contributed by atoms with E-state index in [2.05, 4.69) is 6.08 Å². The summed E-state index contributed by atoms with van der Waals surface area (Å²) in [6.07, 6.45) is 10.3. The number of nitrogens with one attached hydrogen (secondary N) is 1. The molecular formula is C11H16N2. The molecule has 1 fully saturated rings. The van der Waals surface area contributed by atoms with Gasteiger partial charge in [-0.2, -0.15) is 0 Å². The molecule has 0 unspecified atom stereocenters. The van der Waals surface area contributed by atoms with E-state index >= 15 is 0 Å². The maximum absolute atomic E-state index is 7.19. The predicted octanol–water partition coefficient (Wildman–Crippen LogP) is 2.02. The summed E-state index contributed by atoms with van der Waals surface area (Å²) in [4.78, 5) is 0. The third-order valence-electron chi connectivity index (χ3n) is 3.14. The van der Waals surface area contributed by atoms with E-state index in [1.165, 1.54) is 24.6 Å². The van der Waals surface area contributed by atoms with Crippen LogP contribution >= 0.6 is 0 Å². The van der Waals surface area contributed by atoms with E-state index in [1.54, 1.807) is 0 Å². The third kappa shape index (κ3) is 1.59. The van der Waals surface area contributed by atoms with Crippen LogP contribution in [0.5, 0.6) is 0 Å². The zero-order valence-corrected chi connectivity index (χ0v) is 7.79. The summed E-state index contributed by atoms with van der Waals surface area (Å²) in [5, 5.41) is 7.19. The van der Waals surface area contributed by atoms with Gasteiger partial charge in [0.05, 0.1) is 0 Å². The molecule has 70 valence electrons. The Morgan fingerprint density at radius 1 is 1.23 bits per heavy atom. The van der Waals surface area contributed by atoms with Gasteiger partial charge in [-0.1, -0.05) is 12.2 Å². The second kappa shape index (κ2) is 3.46. The Kier molecular flexibility index (Phi) is 2.32. The summed E-state index contributed by atoms with van der Waals surface area (Å²) >= 11 is 0. The Labute approximate surface area is 79.0 Å². The molecule has 0 spiro atoms. The summed E-state index contributed by atoms with van der Waals surface area (Å²) in [5.74, 6) is 0.682. The molecule has 0 aromatic heterocycles. The van der Waals surface area contributed by atoms with Crippen molar-refractivity contribution in [3.8, 4) is 0 Å². The minimum atomic E-state index is 0.421. The summed E-state index contributed by atoms with van der Waals surface area (Å²) in [7, 11) is 0. The lowest BCUT2D eigenvalue weighted by atomic mass is 9.77. The Morgan fingerprint density at radius 2 is 1.92 bits per heavy atom. The van der Waals surface area contributed by atoms with Gasteiger partial charge in [-0.15, -0.1) is 0 Å². The van der Waals surface area contributed by atoms with Crippen LogP contribution in [0, 0.1) is 11.3 Å². The molecule has 0 heterocycles. The second-order valence-electron chi connectivity index (χ2n) is 4.00. The van der Waals surface area contributed by atoms with Gasteiger partial charge in [0.15, 0.2) is 0 Å². The molecule has 3 N–H and O–H groups in total. The van der Waals surface area contributed by atoms with Crippen LogP contribution in [0.25, 0.3) is 0 Å². The standard InChI is InChI=1S/C11H16N2/c12-7-9-3-6-11(9)8-1-4-10(13)5-2-8/h3,6-8,10,12H,1-2,4-5,13H2. The lowest BCUT2D eigenvalue weighted by molar-refractivity contribution is 0.365. The van der Waals surface area contributed by atoms with Crippen molar-refractivity contribution in [1.82, 2.24) is 0 Å². The van der Waals surface area contributed by atoms with Crippen LogP contribution in [0.1, 0.15) is 25.7 Å². The van der Waals surface area contributed by atoms with Crippen molar-refractivity contribution < 1.29 is 0 Å². The van der Waals surface area contributed by atoms with Crippen molar-refractivity contribution in [2.24, 2.45) is 11.7 Å². The van der Waals surface area contributed by atoms with Crippen LogP contribution in [-0.4, -0.2) is 12.3 Å². The van der Waals surface area contributed by atoms with Crippen LogP contribution < -0.4 is 5.73 Å². The smallest absolute Gasteiger partial charge is 0.0253 e. The van der Waals surface area contributed by atoms with Crippen molar-refractivity contribution in [3.05, 3.63) is 23.3 Å². The van der Waals surface area contributed by atoms with Crippen LogP contribution in [0.3, 0.4) is 0 Å². The number of hydrogen-bond acceptors (Lipinski definition) is 2. The molecule has 0 atom stereocenters. The third-order valence-corrected chi connectivity index (χ3v) is 3.14. The SMILES string of the molecule is N=CC1=C(C2CCC(N)CC2)C=C1. The molecule has 13 heavy (non-hydrogen) atoms. The van der Waals surface area contributed by atoms with Crippen LogP contribution in [-0.2, 0) is 0 Å². The van der Waals surface area contributed by atoms with Gasteiger partial charge in [0.1, 0.15) is 0 Å². The van der Waals surface area contributed by atoms with E-state index in [-0.39, 0.29) is 0 Å². The first kappa shape index (κ1) is 8.70. The number of allylic oxidation sites excluding steroid dienone is 4. The fourth-order valence-electron chi connectivity index (χ4n) is 2.21. The first-order valence-corrected chi connectivity index (χ1v) is 4.99. The van der Waals surface area contributed by atoms with Gasteiger partial charge in [-0.05, 0) is 42.7 Å². The van der Waals surface area contributed by atoms with Crippen LogP contribution in [0.4, 0.5) is 0 Å². The second-order valence-corrected chi connectivity index (χ2v) is 4.00. The lowest BCUT2D eigenvalue weighted by Gasteiger charge is -2.30. The van der Waals surface area contributed by atoms with E-state index < -0.39 is 0 Å². The number of nitrogens with two attached hydrogens (primary N) is 1. The zero-order chi connectivity index (χ0) is 9.26. The first-order chi connectivity index (χ1) is 6.31. The molecule has 0 radical (unpaired) electrons. The van der Waals surface area contributed by atoms with E-state index in [9.17, 15) is 0 Å². The summed E-state index contributed by atoms with van der Waals surface area (Å²) in [5.41, 5.74) is 8.36. The average Bonchev–Trinajstić information content (AvgIpc) is 2.08. The van der Waals surface area contributed by atoms with Gasteiger partial charge in [0, 0.05) is 12.3 Å². The van der Waals surface area contributed by atoms with Gasteiger partial charge >= 0.3 is 0 Å². The van der Waals surface area contributed by atoms with Gasteiger partial charge in [-0.25, -0.2) is 0 Å². The normalized spacial score (nSPS) is 33.0. The van der Waals surface area contributed by atoms with Gasteiger partial charge in [0.25, 0.3) is 0 Å². The molecule has 2 nitrogen and oxygen atoms in total. The molecule has 2 aliphatic rings. The highest BCUT2D eigenvalue weighted by molar-refractivity contribution is 5.85. The van der Waals surface area contributed by atoms with Crippen molar-refractivity contribution in [3.63, 3.8) is 0 Å². The quantitative estimate of drug-likeness (QED) is 0.621. The molecule has 0 amide bonds. The summed E-state index contributed by atoms with van der Waals surface area (Å²) < 4.78 is 0. The molecule has 0 aromatic rings. The molecular weight excluding hydrogens is 160 g/mol. The van der Waals surface area contributed by atoms with Crippen LogP contribution in [0.15, 0.2) is 23.3 Å². The molecule has 0 aliphatic heterocycles. The molecule has 2 aliphatic carbocycles. The van der Waals surface area contributed by atoms with Gasteiger partial charge in [-0.3, -0.25) is 0 Å². The molecule has 1 saturated carbocycles. The Morgan fingerprint density at radius 3 is 2.38 bits per heavy atom. The van der Waals surface area contributed by atoms with E-state index in [0.29, 0.717) is 12.0 Å². The Bertz CT molecular complexity index is 264. The predicted molar refractivity (Wildman–Crippen MR) is 54.9 cm³/mol. The highest BCUT2D eigenvalue weighted by atomic mass is 14.6. The van der Waals surface area contributed by atoms with Gasteiger partial charge < -0.3 is 11.1 Å². The Balaban J connectivity index is 1.99. The fraction of sp³-hybridized carbons (Fsp3) is 0.545. The van der Waals surface area contributed by atoms with Crippen LogP contribution in [0.2, 0.25) is 0 Å². The molecule has 0 aromatic carbocycles. The monoisotopic (exact) mass is 176 g/mol. The fourth-order valence-corrected chi connectivity index (χ4v) is 2.21.